The molecule has 6 heteroatoms. The van der Waals surface area contributed by atoms with Crippen molar-refractivity contribution in [3.8, 4) is 0 Å². The van der Waals surface area contributed by atoms with Gasteiger partial charge in [0, 0.05) is 25.1 Å². The Kier molecular flexibility index (Phi) is 3.56. The van der Waals surface area contributed by atoms with Crippen LogP contribution in [-0.4, -0.2) is 29.4 Å². The number of aromatic nitrogens is 2. The van der Waals surface area contributed by atoms with Crippen molar-refractivity contribution in [2.45, 2.75) is 18.9 Å². The van der Waals surface area contributed by atoms with Crippen molar-refractivity contribution in [2.75, 3.05) is 19.0 Å². The van der Waals surface area contributed by atoms with Gasteiger partial charge in [-0.1, -0.05) is 0 Å². The average Bonchev–Trinajstić information content (AvgIpc) is 2.88. The number of amides is 1. The van der Waals surface area contributed by atoms with Gasteiger partial charge in [0.25, 0.3) is 0 Å². The van der Waals surface area contributed by atoms with Crippen LogP contribution in [0.4, 0.5) is 5.69 Å². The summed E-state index contributed by atoms with van der Waals surface area (Å²) in [5.41, 5.74) is 0.719. The predicted molar refractivity (Wildman–Crippen MR) is 72.3 cm³/mol. The number of ether oxygens (including phenoxy) is 1. The molecule has 1 aliphatic carbocycles. The maximum absolute atomic E-state index is 12.1. The Labute approximate surface area is 116 Å². The molecule has 0 bridgehead atoms. The molecule has 20 heavy (non-hydrogen) atoms. The van der Waals surface area contributed by atoms with Crippen LogP contribution < -0.4 is 5.32 Å². The summed E-state index contributed by atoms with van der Waals surface area (Å²) >= 11 is 0. The number of carbonyl (C=O) groups excluding carboxylic acids is 1. The third-order valence-electron chi connectivity index (χ3n) is 3.46. The summed E-state index contributed by atoms with van der Waals surface area (Å²) in [7, 11) is 1.65. The lowest BCUT2D eigenvalue weighted by Crippen LogP contribution is -2.14. The molecule has 6 nitrogen and oxygen atoms in total. The Morgan fingerprint density at radius 2 is 2.55 bits per heavy atom. The van der Waals surface area contributed by atoms with Crippen LogP contribution in [0.2, 0.25) is 0 Å². The van der Waals surface area contributed by atoms with E-state index in [2.05, 4.69) is 10.4 Å². The average molecular weight is 275 g/mol. The highest BCUT2D eigenvalue weighted by Gasteiger charge is 2.45. The zero-order valence-corrected chi connectivity index (χ0v) is 11.3. The van der Waals surface area contributed by atoms with E-state index in [0.717, 1.165) is 17.9 Å². The summed E-state index contributed by atoms with van der Waals surface area (Å²) < 4.78 is 12.1. The van der Waals surface area contributed by atoms with Crippen LogP contribution in [0.3, 0.4) is 0 Å². The number of hydrogen-bond acceptors (Lipinski definition) is 4. The van der Waals surface area contributed by atoms with Gasteiger partial charge in [0.15, 0.2) is 0 Å². The van der Waals surface area contributed by atoms with Crippen LogP contribution >= 0.6 is 0 Å². The third kappa shape index (κ3) is 2.75. The van der Waals surface area contributed by atoms with E-state index >= 15 is 0 Å². The number of anilines is 1. The zero-order chi connectivity index (χ0) is 13.9. The van der Waals surface area contributed by atoms with E-state index in [0.29, 0.717) is 13.2 Å². The van der Waals surface area contributed by atoms with Crippen LogP contribution in [0.1, 0.15) is 18.1 Å². The number of nitrogens with one attached hydrogen (secondary N) is 1. The van der Waals surface area contributed by atoms with Crippen molar-refractivity contribution in [3.63, 3.8) is 0 Å². The standard InChI is InChI=1S/C14H17N3O3/c1-19-6-4-17-9-10(8-15-17)16-14(18)12-7-11(12)13-3-2-5-20-13/h2-3,5,8-9,11-12H,4,6-7H2,1H3,(H,16,18). The molecule has 2 aromatic heterocycles. The molecule has 0 radical (unpaired) electrons. The maximum Gasteiger partial charge on any atom is 0.228 e. The number of furan rings is 1. The Morgan fingerprint density at radius 3 is 3.30 bits per heavy atom. The van der Waals surface area contributed by atoms with Crippen molar-refractivity contribution in [2.24, 2.45) is 5.92 Å². The van der Waals surface area contributed by atoms with Gasteiger partial charge >= 0.3 is 0 Å². The second kappa shape index (κ2) is 5.50. The molecular weight excluding hydrogens is 258 g/mol. The monoisotopic (exact) mass is 275 g/mol. The SMILES string of the molecule is COCCn1cc(NC(=O)C2CC2c2ccco2)cn1. The first-order valence-corrected chi connectivity index (χ1v) is 6.63. The van der Waals surface area contributed by atoms with Crippen molar-refractivity contribution < 1.29 is 13.9 Å². The largest absolute Gasteiger partial charge is 0.469 e. The van der Waals surface area contributed by atoms with Gasteiger partial charge in [0.05, 0.1) is 31.3 Å². The lowest BCUT2D eigenvalue weighted by atomic mass is 10.2. The molecule has 0 aromatic carbocycles. The van der Waals surface area contributed by atoms with Gasteiger partial charge in [-0.15, -0.1) is 0 Å². The van der Waals surface area contributed by atoms with E-state index in [1.54, 1.807) is 30.4 Å². The minimum absolute atomic E-state index is 0.00322. The van der Waals surface area contributed by atoms with Crippen molar-refractivity contribution in [3.05, 3.63) is 36.5 Å². The van der Waals surface area contributed by atoms with Gasteiger partial charge in [-0.2, -0.15) is 5.10 Å². The molecule has 0 saturated heterocycles. The van der Waals surface area contributed by atoms with Gasteiger partial charge in [0.2, 0.25) is 5.91 Å². The van der Waals surface area contributed by atoms with E-state index in [-0.39, 0.29) is 17.7 Å². The third-order valence-corrected chi connectivity index (χ3v) is 3.46. The fraction of sp³-hybridized carbons (Fsp3) is 0.429. The van der Waals surface area contributed by atoms with Gasteiger partial charge in [-0.3, -0.25) is 9.48 Å². The molecule has 2 unspecified atom stereocenters. The highest BCUT2D eigenvalue weighted by Crippen LogP contribution is 2.48. The minimum atomic E-state index is 0.00322. The van der Waals surface area contributed by atoms with Crippen LogP contribution in [-0.2, 0) is 16.1 Å². The number of carbonyl (C=O) groups is 1. The summed E-state index contributed by atoms with van der Waals surface area (Å²) in [5.74, 6) is 1.13. The Morgan fingerprint density at radius 1 is 1.65 bits per heavy atom. The van der Waals surface area contributed by atoms with Crippen LogP contribution in [0.5, 0.6) is 0 Å². The Balaban J connectivity index is 1.53. The van der Waals surface area contributed by atoms with Gasteiger partial charge < -0.3 is 14.5 Å². The summed E-state index contributed by atoms with van der Waals surface area (Å²) in [6.07, 6.45) is 5.94. The topological polar surface area (TPSA) is 69.3 Å². The van der Waals surface area contributed by atoms with Gasteiger partial charge in [-0.25, -0.2) is 0 Å². The van der Waals surface area contributed by atoms with E-state index in [1.807, 2.05) is 12.1 Å². The number of rotatable bonds is 6. The van der Waals surface area contributed by atoms with Gasteiger partial charge in [0.1, 0.15) is 5.76 Å². The molecule has 0 aliphatic heterocycles. The second-order valence-electron chi connectivity index (χ2n) is 4.94. The molecule has 3 rings (SSSR count). The molecule has 1 fully saturated rings. The Hall–Kier alpha value is -2.08. The summed E-state index contributed by atoms with van der Waals surface area (Å²) in [4.78, 5) is 12.1. The molecule has 2 heterocycles. The lowest BCUT2D eigenvalue weighted by molar-refractivity contribution is -0.117. The molecule has 1 aliphatic rings. The van der Waals surface area contributed by atoms with E-state index < -0.39 is 0 Å². The van der Waals surface area contributed by atoms with Crippen LogP contribution in [0.25, 0.3) is 0 Å². The highest BCUT2D eigenvalue weighted by atomic mass is 16.5. The molecule has 1 saturated carbocycles. The summed E-state index contributed by atoms with van der Waals surface area (Å²) in [5, 5.41) is 7.05. The minimum Gasteiger partial charge on any atom is -0.469 e. The zero-order valence-electron chi connectivity index (χ0n) is 11.3. The molecule has 106 valence electrons. The Bertz CT molecular complexity index is 576. The molecule has 1 N–H and O–H groups in total. The van der Waals surface area contributed by atoms with Crippen molar-refractivity contribution in [1.82, 2.24) is 9.78 Å². The first kappa shape index (κ1) is 12.9. The second-order valence-corrected chi connectivity index (χ2v) is 4.94. The fourth-order valence-corrected chi connectivity index (χ4v) is 2.27. The van der Waals surface area contributed by atoms with Crippen LogP contribution in [0.15, 0.2) is 35.2 Å². The summed E-state index contributed by atoms with van der Waals surface area (Å²) in [6, 6.07) is 3.77. The highest BCUT2D eigenvalue weighted by molar-refractivity contribution is 5.94. The molecule has 1 amide bonds. The number of methoxy groups -OCH3 is 1. The predicted octanol–water partition coefficient (Wildman–Crippen LogP) is 1.86. The molecule has 0 spiro atoms. The number of nitrogens with zero attached hydrogens (tertiary/aromatic N) is 2. The first-order chi connectivity index (χ1) is 9.78. The molecule has 2 atom stereocenters. The van der Waals surface area contributed by atoms with Gasteiger partial charge in [-0.05, 0) is 18.6 Å². The fourth-order valence-electron chi connectivity index (χ4n) is 2.27. The molecular formula is C14H17N3O3. The lowest BCUT2D eigenvalue weighted by Gasteiger charge is -2.01. The number of hydrogen-bond donors (Lipinski definition) is 1. The van der Waals surface area contributed by atoms with Crippen LogP contribution in [0, 0.1) is 5.92 Å². The van der Waals surface area contributed by atoms with Crippen molar-refractivity contribution >= 4 is 11.6 Å². The van der Waals surface area contributed by atoms with E-state index in [4.69, 9.17) is 9.15 Å². The maximum atomic E-state index is 12.1. The van der Waals surface area contributed by atoms with E-state index in [9.17, 15) is 4.79 Å². The van der Waals surface area contributed by atoms with E-state index in [1.165, 1.54) is 0 Å². The quantitative estimate of drug-likeness (QED) is 0.873. The van der Waals surface area contributed by atoms with Crippen molar-refractivity contribution in [1.29, 1.82) is 0 Å². The molecule has 2 aromatic rings. The first-order valence-electron chi connectivity index (χ1n) is 6.63. The normalized spacial score (nSPS) is 20.9. The summed E-state index contributed by atoms with van der Waals surface area (Å²) in [6.45, 7) is 1.27. The smallest absolute Gasteiger partial charge is 0.228 e.